The van der Waals surface area contributed by atoms with Crippen LogP contribution in [0.5, 0.6) is 5.75 Å². The van der Waals surface area contributed by atoms with E-state index in [4.69, 9.17) is 4.74 Å². The highest BCUT2D eigenvalue weighted by atomic mass is 79.9. The Balaban J connectivity index is 1.60. The second-order valence-electron chi connectivity index (χ2n) is 8.08. The summed E-state index contributed by atoms with van der Waals surface area (Å²) in [5, 5.41) is 0. The van der Waals surface area contributed by atoms with Gasteiger partial charge < -0.3 is 4.74 Å². The lowest BCUT2D eigenvalue weighted by Crippen LogP contribution is -2.50. The van der Waals surface area contributed by atoms with Crippen molar-refractivity contribution in [2.24, 2.45) is 11.8 Å². The predicted octanol–water partition coefficient (Wildman–Crippen LogP) is 4.60. The molecule has 30 heavy (non-hydrogen) atoms. The maximum Gasteiger partial charge on any atom is 0.239 e. The third kappa shape index (κ3) is 2.01. The van der Waals surface area contributed by atoms with Gasteiger partial charge in [0.05, 0.1) is 29.0 Å². The summed E-state index contributed by atoms with van der Waals surface area (Å²) in [6.07, 6.45) is 0. The predicted molar refractivity (Wildman–Crippen MR) is 117 cm³/mol. The Bertz CT molecular complexity index is 1190. The number of anilines is 1. The van der Waals surface area contributed by atoms with E-state index in [1.54, 1.807) is 25.3 Å². The lowest BCUT2D eigenvalue weighted by atomic mass is 9.55. The average Bonchev–Trinajstić information content (AvgIpc) is 3.06. The molecule has 0 radical (unpaired) electrons. The quantitative estimate of drug-likeness (QED) is 0.415. The molecule has 0 N–H and O–H groups in total. The number of imide groups is 1. The highest BCUT2D eigenvalue weighted by Gasteiger charge is 2.67. The van der Waals surface area contributed by atoms with Gasteiger partial charge in [0.25, 0.3) is 0 Å². The fourth-order valence-electron chi connectivity index (χ4n) is 5.68. The number of ether oxygens (including phenoxy) is 1. The van der Waals surface area contributed by atoms with Gasteiger partial charge in [-0.1, -0.05) is 70.5 Å². The van der Waals surface area contributed by atoms with E-state index >= 15 is 0 Å². The molecule has 1 fully saturated rings. The lowest BCUT2D eigenvalue weighted by Gasteiger charge is -2.51. The third-order valence-electron chi connectivity index (χ3n) is 6.83. The molecule has 0 unspecified atom stereocenters. The van der Waals surface area contributed by atoms with Crippen molar-refractivity contribution >= 4 is 33.4 Å². The first-order chi connectivity index (χ1) is 14.6. The Morgan fingerprint density at radius 3 is 2.13 bits per heavy atom. The number of methoxy groups -OCH3 is 1. The van der Waals surface area contributed by atoms with Gasteiger partial charge in [0.15, 0.2) is 0 Å². The van der Waals surface area contributed by atoms with E-state index in [0.717, 1.165) is 22.3 Å². The van der Waals surface area contributed by atoms with Crippen molar-refractivity contribution in [2.75, 3.05) is 12.0 Å². The molecule has 3 aliphatic carbocycles. The van der Waals surface area contributed by atoms with Gasteiger partial charge in [0.2, 0.25) is 11.8 Å². The van der Waals surface area contributed by atoms with Crippen LogP contribution >= 0.6 is 15.9 Å². The maximum absolute atomic E-state index is 13.8. The van der Waals surface area contributed by atoms with Crippen LogP contribution in [0.15, 0.2) is 72.8 Å². The molecular weight excluding hydrogens is 442 g/mol. The molecule has 4 nitrogen and oxygen atoms in total. The largest absolute Gasteiger partial charge is 0.497 e. The van der Waals surface area contributed by atoms with Crippen LogP contribution in [-0.4, -0.2) is 18.9 Å². The number of carbonyl (C=O) groups is 2. The molecule has 0 saturated carbocycles. The van der Waals surface area contributed by atoms with Crippen LogP contribution in [0.4, 0.5) is 5.69 Å². The van der Waals surface area contributed by atoms with Crippen molar-refractivity contribution in [3.05, 3.63) is 95.1 Å². The Kier molecular flexibility index (Phi) is 3.61. The SMILES string of the molecule is COc1cccc(N2C(=O)[C@@H]3[C@@H](C2=O)C2c4ccccc4C3(Br)c3ccccc32)c1. The normalized spacial score (nSPS) is 28.2. The van der Waals surface area contributed by atoms with Gasteiger partial charge in [0.1, 0.15) is 5.75 Å². The molecule has 4 aliphatic rings. The number of amides is 2. The molecule has 0 aromatic heterocycles. The number of halogens is 1. The van der Waals surface area contributed by atoms with Gasteiger partial charge in [-0.05, 0) is 34.4 Å². The molecule has 0 spiro atoms. The Morgan fingerprint density at radius 1 is 0.867 bits per heavy atom. The van der Waals surface area contributed by atoms with Crippen LogP contribution in [0.1, 0.15) is 28.2 Å². The number of benzene rings is 3. The van der Waals surface area contributed by atoms with E-state index in [1.165, 1.54) is 4.90 Å². The van der Waals surface area contributed by atoms with E-state index in [2.05, 4.69) is 40.2 Å². The number of rotatable bonds is 2. The van der Waals surface area contributed by atoms with Crippen molar-refractivity contribution in [1.29, 1.82) is 0 Å². The van der Waals surface area contributed by atoms with Crippen LogP contribution in [0, 0.1) is 11.8 Å². The standard InChI is InChI=1S/C25H18BrNO3/c1-30-15-8-6-7-14(13-15)27-23(28)21-20-16-9-2-4-11-18(16)25(26,22(21)24(27)29)19-12-5-3-10-17(19)20/h2-13,20-22H,1H3/t20?,21-,22-,25?/m0/s1. The highest BCUT2D eigenvalue weighted by molar-refractivity contribution is 9.09. The zero-order valence-corrected chi connectivity index (χ0v) is 17.8. The zero-order chi connectivity index (χ0) is 20.6. The molecular formula is C25H18BrNO3. The Hall–Kier alpha value is -2.92. The molecule has 1 saturated heterocycles. The van der Waals surface area contributed by atoms with Gasteiger partial charge in [-0.15, -0.1) is 0 Å². The summed E-state index contributed by atoms with van der Waals surface area (Å²) in [5.41, 5.74) is 4.99. The molecule has 3 aromatic rings. The minimum atomic E-state index is -0.722. The number of nitrogens with zero attached hydrogens (tertiary/aromatic N) is 1. The van der Waals surface area contributed by atoms with Crippen molar-refractivity contribution in [1.82, 2.24) is 0 Å². The maximum atomic E-state index is 13.8. The minimum absolute atomic E-state index is 0.131. The highest BCUT2D eigenvalue weighted by Crippen LogP contribution is 2.66. The van der Waals surface area contributed by atoms with Crippen LogP contribution in [-0.2, 0) is 13.9 Å². The average molecular weight is 460 g/mol. The second kappa shape index (κ2) is 6.05. The van der Waals surface area contributed by atoms with Crippen molar-refractivity contribution in [3.8, 4) is 5.75 Å². The fraction of sp³-hybridized carbons (Fsp3) is 0.200. The molecule has 7 rings (SSSR count). The van der Waals surface area contributed by atoms with Gasteiger partial charge in [-0.2, -0.15) is 0 Å². The van der Waals surface area contributed by atoms with Gasteiger partial charge in [0, 0.05) is 12.0 Å². The lowest BCUT2D eigenvalue weighted by molar-refractivity contribution is -0.122. The van der Waals surface area contributed by atoms with E-state index in [1.807, 2.05) is 30.3 Å². The minimum Gasteiger partial charge on any atom is -0.497 e. The van der Waals surface area contributed by atoms with E-state index < -0.39 is 16.2 Å². The van der Waals surface area contributed by atoms with E-state index in [9.17, 15) is 9.59 Å². The van der Waals surface area contributed by atoms with Gasteiger partial charge in [-0.3, -0.25) is 9.59 Å². The first kappa shape index (κ1) is 17.9. The number of hydrogen-bond donors (Lipinski definition) is 0. The summed E-state index contributed by atoms with van der Waals surface area (Å²) in [4.78, 5) is 28.9. The van der Waals surface area contributed by atoms with E-state index in [0.29, 0.717) is 11.4 Å². The zero-order valence-electron chi connectivity index (χ0n) is 16.2. The summed E-state index contributed by atoms with van der Waals surface area (Å²) < 4.78 is 4.60. The molecule has 2 amide bonds. The van der Waals surface area contributed by atoms with Gasteiger partial charge >= 0.3 is 0 Å². The number of carbonyl (C=O) groups excluding carboxylic acids is 2. The van der Waals surface area contributed by atoms with E-state index in [-0.39, 0.29) is 17.7 Å². The Labute approximate surface area is 182 Å². The topological polar surface area (TPSA) is 46.6 Å². The molecule has 1 heterocycles. The molecule has 2 atom stereocenters. The summed E-state index contributed by atoms with van der Waals surface area (Å²) in [6, 6.07) is 23.5. The summed E-state index contributed by atoms with van der Waals surface area (Å²) in [7, 11) is 1.58. The third-order valence-corrected chi connectivity index (χ3v) is 8.17. The summed E-state index contributed by atoms with van der Waals surface area (Å²) in [6.45, 7) is 0. The van der Waals surface area contributed by atoms with Crippen molar-refractivity contribution in [3.63, 3.8) is 0 Å². The molecule has 3 aromatic carbocycles. The molecule has 1 aliphatic heterocycles. The van der Waals surface area contributed by atoms with Crippen molar-refractivity contribution in [2.45, 2.75) is 10.2 Å². The molecule has 2 bridgehead atoms. The summed E-state index contributed by atoms with van der Waals surface area (Å²) >= 11 is 4.01. The first-order valence-electron chi connectivity index (χ1n) is 9.97. The van der Waals surface area contributed by atoms with Crippen LogP contribution in [0.3, 0.4) is 0 Å². The number of hydrogen-bond acceptors (Lipinski definition) is 3. The monoisotopic (exact) mass is 459 g/mol. The first-order valence-corrected chi connectivity index (χ1v) is 10.8. The van der Waals surface area contributed by atoms with Crippen LogP contribution in [0.2, 0.25) is 0 Å². The Morgan fingerprint density at radius 2 is 1.50 bits per heavy atom. The van der Waals surface area contributed by atoms with Gasteiger partial charge in [-0.25, -0.2) is 4.90 Å². The van der Waals surface area contributed by atoms with Crippen LogP contribution < -0.4 is 9.64 Å². The van der Waals surface area contributed by atoms with Crippen LogP contribution in [0.25, 0.3) is 0 Å². The summed E-state index contributed by atoms with van der Waals surface area (Å²) in [5.74, 6) is -0.751. The number of alkyl halides is 1. The van der Waals surface area contributed by atoms with Crippen molar-refractivity contribution < 1.29 is 14.3 Å². The molecule has 5 heteroatoms. The second-order valence-corrected chi connectivity index (χ2v) is 9.33. The molecule has 148 valence electrons. The fourth-order valence-corrected chi connectivity index (χ4v) is 6.89. The smallest absolute Gasteiger partial charge is 0.239 e.